The van der Waals surface area contributed by atoms with E-state index in [1.165, 1.54) is 0 Å². The van der Waals surface area contributed by atoms with Gasteiger partial charge in [-0.3, -0.25) is 0 Å². The monoisotopic (exact) mass is 393 g/mol. The third-order valence-electron chi connectivity index (χ3n) is 4.54. The molecule has 0 aliphatic rings. The first kappa shape index (κ1) is 20.5. The van der Waals surface area contributed by atoms with Gasteiger partial charge in [-0.2, -0.15) is 5.10 Å². The van der Waals surface area contributed by atoms with Crippen LogP contribution in [0.2, 0.25) is 0 Å². The Morgan fingerprint density at radius 1 is 1.17 bits per heavy atom. The van der Waals surface area contributed by atoms with Crippen LogP contribution in [0.25, 0.3) is 5.69 Å². The van der Waals surface area contributed by atoms with E-state index in [-0.39, 0.29) is 11.0 Å². The molecule has 0 bridgehead atoms. The zero-order valence-corrected chi connectivity index (χ0v) is 17.5. The fourth-order valence-electron chi connectivity index (χ4n) is 3.01. The van der Waals surface area contributed by atoms with Crippen LogP contribution in [0.3, 0.4) is 0 Å². The van der Waals surface area contributed by atoms with Crippen LogP contribution in [-0.4, -0.2) is 27.5 Å². The van der Waals surface area contributed by atoms with Gasteiger partial charge in [0, 0.05) is 11.5 Å². The van der Waals surface area contributed by atoms with Crippen molar-refractivity contribution in [3.05, 3.63) is 65.4 Å². The number of hydrogen-bond donors (Lipinski definition) is 2. The average molecular weight is 393 g/mol. The minimum atomic E-state index is -0.979. The number of aromatic carboxylic acids is 1. The quantitative estimate of drug-likeness (QED) is 0.593. The Bertz CT molecular complexity index is 1030. The Balaban J connectivity index is 2.15. The van der Waals surface area contributed by atoms with Crippen molar-refractivity contribution in [1.29, 1.82) is 0 Å². The maximum atomic E-state index is 11.7. The highest BCUT2D eigenvalue weighted by atomic mass is 16.5. The SMILES string of the molecule is CCOc1ccccc1-n1nc(C(C)(C)C)cc1Nc1ccc(C)cc1C(=O)O. The molecular weight excluding hydrogens is 366 g/mol. The number of anilines is 2. The number of carbonyl (C=O) groups is 1. The topological polar surface area (TPSA) is 76.4 Å². The molecule has 152 valence electrons. The highest BCUT2D eigenvalue weighted by molar-refractivity contribution is 5.95. The summed E-state index contributed by atoms with van der Waals surface area (Å²) < 4.78 is 7.56. The molecule has 0 fully saturated rings. The molecule has 0 aliphatic carbocycles. The Labute approximate surface area is 171 Å². The van der Waals surface area contributed by atoms with Crippen LogP contribution in [-0.2, 0) is 5.41 Å². The number of para-hydroxylation sites is 2. The van der Waals surface area contributed by atoms with Crippen LogP contribution in [0.15, 0.2) is 48.5 Å². The van der Waals surface area contributed by atoms with E-state index in [1.807, 2.05) is 50.2 Å². The molecule has 0 saturated carbocycles. The van der Waals surface area contributed by atoms with Gasteiger partial charge in [-0.15, -0.1) is 0 Å². The van der Waals surface area contributed by atoms with Crippen LogP contribution in [0.5, 0.6) is 5.75 Å². The number of carboxylic acids is 1. The number of aromatic nitrogens is 2. The summed E-state index contributed by atoms with van der Waals surface area (Å²) >= 11 is 0. The number of aryl methyl sites for hydroxylation is 1. The van der Waals surface area contributed by atoms with Gasteiger partial charge in [-0.1, -0.05) is 44.5 Å². The molecule has 2 aromatic carbocycles. The van der Waals surface area contributed by atoms with Crippen molar-refractivity contribution in [3.63, 3.8) is 0 Å². The van der Waals surface area contributed by atoms with Gasteiger partial charge in [-0.05, 0) is 38.1 Å². The van der Waals surface area contributed by atoms with Gasteiger partial charge in [0.05, 0.1) is 23.6 Å². The highest BCUT2D eigenvalue weighted by Gasteiger charge is 2.23. The standard InChI is InChI=1S/C23H27N3O3/c1-6-29-19-10-8-7-9-18(19)26-21(14-20(25-26)23(3,4)5)24-17-12-11-15(2)13-16(17)22(27)28/h7-14,24H,6H2,1-5H3,(H,27,28). The van der Waals surface area contributed by atoms with Crippen LogP contribution in [0, 0.1) is 6.92 Å². The summed E-state index contributed by atoms with van der Waals surface area (Å²) in [6.45, 7) is 10.6. The zero-order valence-electron chi connectivity index (χ0n) is 17.5. The minimum absolute atomic E-state index is 0.175. The van der Waals surface area contributed by atoms with Crippen molar-refractivity contribution in [2.24, 2.45) is 0 Å². The van der Waals surface area contributed by atoms with Gasteiger partial charge in [0.2, 0.25) is 0 Å². The minimum Gasteiger partial charge on any atom is -0.492 e. The van der Waals surface area contributed by atoms with Crippen LogP contribution < -0.4 is 10.1 Å². The van der Waals surface area contributed by atoms with E-state index >= 15 is 0 Å². The molecule has 0 spiro atoms. The Morgan fingerprint density at radius 2 is 1.90 bits per heavy atom. The summed E-state index contributed by atoms with van der Waals surface area (Å²) in [5.41, 5.74) is 3.11. The van der Waals surface area contributed by atoms with Crippen LogP contribution in [0.4, 0.5) is 11.5 Å². The molecule has 3 rings (SSSR count). The zero-order chi connectivity index (χ0) is 21.2. The third-order valence-corrected chi connectivity index (χ3v) is 4.54. The molecule has 0 unspecified atom stereocenters. The van der Waals surface area contributed by atoms with Gasteiger partial charge in [0.25, 0.3) is 0 Å². The second kappa shape index (κ2) is 7.99. The summed E-state index contributed by atoms with van der Waals surface area (Å²) in [6, 6.07) is 14.9. The number of nitrogens with zero attached hydrogens (tertiary/aromatic N) is 2. The molecule has 0 aliphatic heterocycles. The largest absolute Gasteiger partial charge is 0.492 e. The second-order valence-corrected chi connectivity index (χ2v) is 7.96. The second-order valence-electron chi connectivity index (χ2n) is 7.96. The summed E-state index contributed by atoms with van der Waals surface area (Å²) in [5.74, 6) is 0.408. The van der Waals surface area contributed by atoms with Crippen molar-refractivity contribution >= 4 is 17.5 Å². The molecule has 6 nitrogen and oxygen atoms in total. The molecule has 1 heterocycles. The predicted octanol–water partition coefficient (Wildman–Crippen LogP) is 5.32. The molecule has 1 aromatic heterocycles. The van der Waals surface area contributed by atoms with E-state index < -0.39 is 5.97 Å². The molecule has 0 amide bonds. The van der Waals surface area contributed by atoms with E-state index in [0.29, 0.717) is 23.9 Å². The maximum Gasteiger partial charge on any atom is 0.337 e. The summed E-state index contributed by atoms with van der Waals surface area (Å²) in [7, 11) is 0. The fraction of sp³-hybridized carbons (Fsp3) is 0.304. The molecular formula is C23H27N3O3. The number of benzene rings is 2. The first-order valence-electron chi connectivity index (χ1n) is 9.64. The molecule has 2 N–H and O–H groups in total. The number of carboxylic acid groups (broad SMARTS) is 1. The van der Waals surface area contributed by atoms with Crippen molar-refractivity contribution in [3.8, 4) is 11.4 Å². The normalized spacial score (nSPS) is 11.3. The van der Waals surface area contributed by atoms with Crippen molar-refractivity contribution in [1.82, 2.24) is 9.78 Å². The summed E-state index contributed by atoms with van der Waals surface area (Å²) in [5, 5.41) is 17.7. The fourth-order valence-corrected chi connectivity index (χ4v) is 3.01. The lowest BCUT2D eigenvalue weighted by atomic mass is 9.92. The highest BCUT2D eigenvalue weighted by Crippen LogP contribution is 2.32. The third kappa shape index (κ3) is 4.42. The molecule has 0 radical (unpaired) electrons. The van der Waals surface area contributed by atoms with Gasteiger partial charge < -0.3 is 15.2 Å². The predicted molar refractivity (Wildman–Crippen MR) is 115 cm³/mol. The van der Waals surface area contributed by atoms with Crippen molar-refractivity contribution < 1.29 is 14.6 Å². The lowest BCUT2D eigenvalue weighted by Crippen LogP contribution is -2.13. The lowest BCUT2D eigenvalue weighted by molar-refractivity contribution is 0.0698. The van der Waals surface area contributed by atoms with Gasteiger partial charge in [-0.25, -0.2) is 9.48 Å². The van der Waals surface area contributed by atoms with E-state index in [1.54, 1.807) is 16.8 Å². The Kier molecular flexibility index (Phi) is 5.64. The van der Waals surface area contributed by atoms with Crippen molar-refractivity contribution in [2.45, 2.75) is 40.0 Å². The lowest BCUT2D eigenvalue weighted by Gasteiger charge is -2.15. The molecule has 0 saturated heterocycles. The molecule has 6 heteroatoms. The van der Waals surface area contributed by atoms with Crippen LogP contribution >= 0.6 is 0 Å². The molecule has 3 aromatic rings. The van der Waals surface area contributed by atoms with Gasteiger partial charge >= 0.3 is 5.97 Å². The van der Waals surface area contributed by atoms with E-state index in [0.717, 1.165) is 16.9 Å². The first-order valence-corrected chi connectivity index (χ1v) is 9.64. The smallest absolute Gasteiger partial charge is 0.337 e. The Hall–Kier alpha value is -3.28. The summed E-state index contributed by atoms with van der Waals surface area (Å²) in [4.78, 5) is 11.7. The number of rotatable bonds is 6. The van der Waals surface area contributed by atoms with Gasteiger partial charge in [0.15, 0.2) is 0 Å². The van der Waals surface area contributed by atoms with E-state index in [9.17, 15) is 9.90 Å². The van der Waals surface area contributed by atoms with Crippen LogP contribution in [0.1, 0.15) is 49.3 Å². The average Bonchev–Trinajstić information content (AvgIpc) is 3.08. The van der Waals surface area contributed by atoms with Gasteiger partial charge in [0.1, 0.15) is 17.3 Å². The molecule has 0 atom stereocenters. The van der Waals surface area contributed by atoms with E-state index in [4.69, 9.17) is 9.84 Å². The Morgan fingerprint density at radius 3 is 2.55 bits per heavy atom. The van der Waals surface area contributed by atoms with Crippen molar-refractivity contribution in [2.75, 3.05) is 11.9 Å². The van der Waals surface area contributed by atoms with E-state index in [2.05, 4.69) is 26.1 Å². The summed E-state index contributed by atoms with van der Waals surface area (Å²) in [6.07, 6.45) is 0. The molecule has 29 heavy (non-hydrogen) atoms. The number of ether oxygens (including phenoxy) is 1. The maximum absolute atomic E-state index is 11.7. The number of hydrogen-bond acceptors (Lipinski definition) is 4. The first-order chi connectivity index (χ1) is 13.7. The number of nitrogens with one attached hydrogen (secondary N) is 1.